The molecule has 2 aliphatic heterocycles. The minimum absolute atomic E-state index is 0.0151. The number of ether oxygens (including phenoxy) is 3. The van der Waals surface area contributed by atoms with Crippen molar-refractivity contribution >= 4 is 23.1 Å². The van der Waals surface area contributed by atoms with Crippen molar-refractivity contribution in [3.05, 3.63) is 89.0 Å². The van der Waals surface area contributed by atoms with Gasteiger partial charge < -0.3 is 19.3 Å². The Labute approximate surface area is 215 Å². The highest BCUT2D eigenvalue weighted by Gasteiger charge is 2.47. The van der Waals surface area contributed by atoms with Gasteiger partial charge in [-0.3, -0.25) is 14.5 Å². The van der Waals surface area contributed by atoms with Gasteiger partial charge in [0.1, 0.15) is 11.5 Å². The van der Waals surface area contributed by atoms with Crippen molar-refractivity contribution in [1.82, 2.24) is 0 Å². The molecule has 0 bridgehead atoms. The second-order valence-corrected chi connectivity index (χ2v) is 10.0. The zero-order chi connectivity index (χ0) is 26.3. The fraction of sp³-hybridized carbons (Fsp3) is 0.267. The molecule has 0 aromatic heterocycles. The molecule has 0 radical (unpaired) electrons. The van der Waals surface area contributed by atoms with E-state index in [-0.39, 0.29) is 23.5 Å². The fourth-order valence-corrected chi connectivity index (χ4v) is 4.65. The lowest BCUT2D eigenvalue weighted by atomic mass is 9.85. The second-order valence-electron chi connectivity index (χ2n) is 10.0. The van der Waals surface area contributed by atoms with Crippen LogP contribution in [-0.2, 0) is 15.0 Å². The zero-order valence-electron chi connectivity index (χ0n) is 21.3. The molecule has 1 amide bonds. The molecular formula is C30H29NO6. The topological polar surface area (TPSA) is 85.3 Å². The SMILES string of the molecule is CCOc1ccc(N2C(=O)C(=O)/C(=C(\O)c3ccc4c(c3)OCO4)C2c2ccc(C(C)(C)C)cc2)cc1. The van der Waals surface area contributed by atoms with E-state index in [9.17, 15) is 14.7 Å². The van der Waals surface area contributed by atoms with Gasteiger partial charge in [0.05, 0.1) is 18.2 Å². The smallest absolute Gasteiger partial charge is 0.300 e. The largest absolute Gasteiger partial charge is 0.507 e. The van der Waals surface area contributed by atoms with Crippen LogP contribution in [0.4, 0.5) is 5.69 Å². The molecule has 7 nitrogen and oxygen atoms in total. The average molecular weight is 500 g/mol. The van der Waals surface area contributed by atoms with Gasteiger partial charge in [-0.25, -0.2) is 0 Å². The first-order valence-corrected chi connectivity index (χ1v) is 12.2. The molecule has 5 rings (SSSR count). The molecule has 190 valence electrons. The number of aliphatic hydroxyl groups excluding tert-OH is 1. The van der Waals surface area contributed by atoms with Crippen LogP contribution in [0.2, 0.25) is 0 Å². The minimum Gasteiger partial charge on any atom is -0.507 e. The summed E-state index contributed by atoms with van der Waals surface area (Å²) in [5.74, 6) is -0.0499. The summed E-state index contributed by atoms with van der Waals surface area (Å²) in [6.07, 6.45) is 0. The van der Waals surface area contributed by atoms with Crippen LogP contribution < -0.4 is 19.1 Å². The third-order valence-corrected chi connectivity index (χ3v) is 6.61. The van der Waals surface area contributed by atoms with E-state index < -0.39 is 17.7 Å². The number of aliphatic hydroxyl groups is 1. The third kappa shape index (κ3) is 4.42. The summed E-state index contributed by atoms with van der Waals surface area (Å²) < 4.78 is 16.4. The lowest BCUT2D eigenvalue weighted by Crippen LogP contribution is -2.29. The highest BCUT2D eigenvalue weighted by atomic mass is 16.7. The molecule has 3 aromatic rings. The number of carbonyl (C=O) groups excluding carboxylic acids is 2. The molecule has 1 saturated heterocycles. The van der Waals surface area contributed by atoms with Crippen LogP contribution in [0, 0.1) is 0 Å². The maximum Gasteiger partial charge on any atom is 0.300 e. The first kappa shape index (κ1) is 24.4. The van der Waals surface area contributed by atoms with Crippen LogP contribution in [-0.4, -0.2) is 30.2 Å². The molecule has 2 heterocycles. The van der Waals surface area contributed by atoms with Crippen molar-refractivity contribution in [2.75, 3.05) is 18.3 Å². The molecule has 37 heavy (non-hydrogen) atoms. The maximum atomic E-state index is 13.4. The first-order chi connectivity index (χ1) is 17.7. The molecule has 1 unspecified atom stereocenters. The van der Waals surface area contributed by atoms with E-state index >= 15 is 0 Å². The Kier molecular flexibility index (Phi) is 6.15. The molecule has 2 aliphatic rings. The standard InChI is InChI=1S/C30H29NO6/c1-5-35-22-13-11-21(12-14-22)31-26(18-6-9-20(10-7-18)30(2,3)4)25(28(33)29(31)34)27(32)19-8-15-23-24(16-19)37-17-36-23/h6-16,26,32H,5,17H2,1-4H3/b27-25-. The van der Waals surface area contributed by atoms with Crippen molar-refractivity contribution in [2.24, 2.45) is 0 Å². The molecule has 0 saturated carbocycles. The van der Waals surface area contributed by atoms with Gasteiger partial charge in [0.2, 0.25) is 6.79 Å². The number of ketones is 1. The third-order valence-electron chi connectivity index (χ3n) is 6.61. The summed E-state index contributed by atoms with van der Waals surface area (Å²) in [5, 5.41) is 11.4. The fourth-order valence-electron chi connectivity index (χ4n) is 4.65. The van der Waals surface area contributed by atoms with Gasteiger partial charge in [0.25, 0.3) is 11.7 Å². The number of hydrogen-bond acceptors (Lipinski definition) is 6. The van der Waals surface area contributed by atoms with Gasteiger partial charge in [0.15, 0.2) is 11.5 Å². The summed E-state index contributed by atoms with van der Waals surface area (Å²) in [6.45, 7) is 8.85. The van der Waals surface area contributed by atoms with Gasteiger partial charge in [0, 0.05) is 11.3 Å². The molecule has 0 aliphatic carbocycles. The average Bonchev–Trinajstić information content (AvgIpc) is 3.46. The van der Waals surface area contributed by atoms with Crippen LogP contribution in [0.25, 0.3) is 5.76 Å². The Morgan fingerprint density at radius 3 is 2.30 bits per heavy atom. The van der Waals surface area contributed by atoms with Crippen molar-refractivity contribution in [2.45, 2.75) is 39.2 Å². The summed E-state index contributed by atoms with van der Waals surface area (Å²) in [4.78, 5) is 28.3. The Morgan fingerprint density at radius 2 is 1.65 bits per heavy atom. The molecule has 1 fully saturated rings. The molecule has 3 aromatic carbocycles. The number of nitrogens with zero attached hydrogens (tertiary/aromatic N) is 1. The minimum atomic E-state index is -0.822. The van der Waals surface area contributed by atoms with Crippen molar-refractivity contribution in [3.8, 4) is 17.2 Å². The van der Waals surface area contributed by atoms with Crippen molar-refractivity contribution < 1.29 is 28.9 Å². The van der Waals surface area contributed by atoms with E-state index in [1.54, 1.807) is 42.5 Å². The summed E-state index contributed by atoms with van der Waals surface area (Å²) >= 11 is 0. The molecule has 7 heteroatoms. The Morgan fingerprint density at radius 1 is 0.973 bits per heavy atom. The van der Waals surface area contributed by atoms with E-state index in [1.807, 2.05) is 31.2 Å². The van der Waals surface area contributed by atoms with Crippen molar-refractivity contribution in [3.63, 3.8) is 0 Å². The number of rotatable bonds is 5. The molecule has 0 spiro atoms. The van der Waals surface area contributed by atoms with Crippen LogP contribution in [0.3, 0.4) is 0 Å². The molecule has 1 atom stereocenters. The predicted molar refractivity (Wildman–Crippen MR) is 140 cm³/mol. The van der Waals surface area contributed by atoms with Gasteiger partial charge in [-0.15, -0.1) is 0 Å². The van der Waals surface area contributed by atoms with Gasteiger partial charge >= 0.3 is 0 Å². The quantitative estimate of drug-likeness (QED) is 0.274. The highest BCUT2D eigenvalue weighted by molar-refractivity contribution is 6.51. The number of hydrogen-bond donors (Lipinski definition) is 1. The van der Waals surface area contributed by atoms with Crippen molar-refractivity contribution in [1.29, 1.82) is 0 Å². The van der Waals surface area contributed by atoms with Crippen LogP contribution in [0.15, 0.2) is 72.3 Å². The maximum absolute atomic E-state index is 13.4. The predicted octanol–water partition coefficient (Wildman–Crippen LogP) is 5.74. The normalized spacial score (nSPS) is 18.4. The van der Waals surface area contributed by atoms with E-state index in [0.717, 1.165) is 5.56 Å². The number of anilines is 1. The van der Waals surface area contributed by atoms with Gasteiger partial charge in [-0.1, -0.05) is 45.0 Å². The van der Waals surface area contributed by atoms with E-state index in [4.69, 9.17) is 14.2 Å². The second kappa shape index (κ2) is 9.32. The lowest BCUT2D eigenvalue weighted by molar-refractivity contribution is -0.132. The number of fused-ring (bicyclic) bond motifs is 1. The molecular weight excluding hydrogens is 470 g/mol. The van der Waals surface area contributed by atoms with Crippen LogP contribution in [0.1, 0.15) is 50.4 Å². The Balaban J connectivity index is 1.65. The number of carbonyl (C=O) groups is 2. The van der Waals surface area contributed by atoms with Crippen LogP contribution >= 0.6 is 0 Å². The summed E-state index contributed by atoms with van der Waals surface area (Å²) in [7, 11) is 0. The van der Waals surface area contributed by atoms with Crippen LogP contribution in [0.5, 0.6) is 17.2 Å². The van der Waals surface area contributed by atoms with Gasteiger partial charge in [-0.2, -0.15) is 0 Å². The van der Waals surface area contributed by atoms with Gasteiger partial charge in [-0.05, 0) is 65.9 Å². The van der Waals surface area contributed by atoms with E-state index in [0.29, 0.717) is 40.7 Å². The van der Waals surface area contributed by atoms with E-state index in [1.165, 1.54) is 4.90 Å². The summed E-state index contributed by atoms with van der Waals surface area (Å²) in [6, 6.07) is 18.9. The Hall–Kier alpha value is -4.26. The zero-order valence-corrected chi connectivity index (χ0v) is 21.3. The Bertz CT molecular complexity index is 1380. The lowest BCUT2D eigenvalue weighted by Gasteiger charge is -2.26. The first-order valence-electron chi connectivity index (χ1n) is 12.2. The highest BCUT2D eigenvalue weighted by Crippen LogP contribution is 2.44. The number of amides is 1. The molecule has 1 N–H and O–H groups in total. The number of Topliss-reactive ketones (excluding diaryl/α,β-unsaturated/α-hetero) is 1. The monoisotopic (exact) mass is 499 g/mol. The summed E-state index contributed by atoms with van der Waals surface area (Å²) in [5.41, 5.74) is 2.67. The number of benzene rings is 3. The van der Waals surface area contributed by atoms with E-state index in [2.05, 4.69) is 20.8 Å².